The van der Waals surface area contributed by atoms with Crippen LogP contribution in [0.2, 0.25) is 0 Å². The minimum Gasteiger partial charge on any atom is -0.358 e. The molecule has 1 heterocycles. The van der Waals surface area contributed by atoms with Gasteiger partial charge < -0.3 is 4.90 Å². The van der Waals surface area contributed by atoms with Gasteiger partial charge in [-0.3, -0.25) is 0 Å². The summed E-state index contributed by atoms with van der Waals surface area (Å²) in [4.78, 5) is 2.05. The molecule has 0 N–H and O–H groups in total. The molecule has 1 aliphatic heterocycles. The van der Waals surface area contributed by atoms with Gasteiger partial charge in [-0.05, 0) is 13.8 Å². The third kappa shape index (κ3) is 3.77. The number of hydrogen-bond donors (Lipinski definition) is 0. The Kier molecular flexibility index (Phi) is 4.61. The maximum atomic E-state index is 11.2. The van der Waals surface area contributed by atoms with E-state index in [1.165, 1.54) is 17.2 Å². The lowest BCUT2D eigenvalue weighted by Crippen LogP contribution is -2.28. The van der Waals surface area contributed by atoms with Gasteiger partial charge in [0.05, 0.1) is 5.75 Å². The van der Waals surface area contributed by atoms with E-state index in [1.807, 2.05) is 13.8 Å². The van der Waals surface area contributed by atoms with E-state index in [9.17, 15) is 8.42 Å². The fourth-order valence-electron chi connectivity index (χ4n) is 1.31. The lowest BCUT2D eigenvalue weighted by molar-refractivity contribution is 0.482. The number of hydrogen-bond acceptors (Lipinski definition) is 4. The standard InChI is InChI=1S/C9H15NO2S3/c1-3-10(4-2)9(13)14-8-5-6-15(11,12)7-8/h5-6,8H,3-4,7H2,1-2H3. The van der Waals surface area contributed by atoms with Crippen LogP contribution in [0.4, 0.5) is 0 Å². The summed E-state index contributed by atoms with van der Waals surface area (Å²) in [6.07, 6.45) is 1.72. The first-order valence-corrected chi connectivity index (χ1v) is 7.85. The molecule has 0 saturated heterocycles. The average molecular weight is 265 g/mol. The zero-order valence-electron chi connectivity index (χ0n) is 8.84. The quantitative estimate of drug-likeness (QED) is 0.726. The molecular weight excluding hydrogens is 250 g/mol. The van der Waals surface area contributed by atoms with E-state index in [1.54, 1.807) is 6.08 Å². The first-order chi connectivity index (χ1) is 6.98. The Morgan fingerprint density at radius 1 is 1.53 bits per heavy atom. The summed E-state index contributed by atoms with van der Waals surface area (Å²) < 4.78 is 23.1. The van der Waals surface area contributed by atoms with Crippen LogP contribution in [0.15, 0.2) is 11.5 Å². The Hall–Kier alpha value is -0.0700. The van der Waals surface area contributed by atoms with Crippen molar-refractivity contribution >= 4 is 38.1 Å². The SMILES string of the molecule is CCN(CC)C(=S)SC1C=CS(=O)(=O)C1. The average Bonchev–Trinajstić information content (AvgIpc) is 2.47. The zero-order valence-corrected chi connectivity index (χ0v) is 11.3. The zero-order chi connectivity index (χ0) is 11.5. The van der Waals surface area contributed by atoms with Gasteiger partial charge in [-0.1, -0.05) is 30.1 Å². The topological polar surface area (TPSA) is 37.4 Å². The highest BCUT2D eigenvalue weighted by molar-refractivity contribution is 8.23. The molecule has 0 fully saturated rings. The lowest BCUT2D eigenvalue weighted by Gasteiger charge is -2.22. The van der Waals surface area contributed by atoms with Crippen molar-refractivity contribution in [2.45, 2.75) is 19.1 Å². The molecule has 0 amide bonds. The van der Waals surface area contributed by atoms with Crippen LogP contribution in [0.3, 0.4) is 0 Å². The summed E-state index contributed by atoms with van der Waals surface area (Å²) in [5.41, 5.74) is 0. The van der Waals surface area contributed by atoms with E-state index in [0.717, 1.165) is 17.4 Å². The Balaban J connectivity index is 2.51. The van der Waals surface area contributed by atoms with Crippen molar-refractivity contribution in [3.8, 4) is 0 Å². The van der Waals surface area contributed by atoms with Crippen molar-refractivity contribution in [3.63, 3.8) is 0 Å². The molecule has 0 radical (unpaired) electrons. The molecule has 1 aliphatic rings. The van der Waals surface area contributed by atoms with Crippen LogP contribution >= 0.6 is 24.0 Å². The molecule has 1 atom stereocenters. The number of sulfone groups is 1. The summed E-state index contributed by atoms with van der Waals surface area (Å²) in [5, 5.41) is 1.28. The maximum Gasteiger partial charge on any atom is 0.172 e. The molecule has 0 saturated carbocycles. The van der Waals surface area contributed by atoms with Crippen LogP contribution in [-0.2, 0) is 9.84 Å². The lowest BCUT2D eigenvalue weighted by atomic mass is 10.5. The second-order valence-corrected chi connectivity index (χ2v) is 7.06. The maximum absolute atomic E-state index is 11.2. The molecule has 15 heavy (non-hydrogen) atoms. The highest BCUT2D eigenvalue weighted by atomic mass is 32.2. The van der Waals surface area contributed by atoms with Gasteiger partial charge in [-0.25, -0.2) is 8.42 Å². The van der Waals surface area contributed by atoms with Crippen LogP contribution in [0.1, 0.15) is 13.8 Å². The van der Waals surface area contributed by atoms with Crippen LogP contribution in [0.25, 0.3) is 0 Å². The van der Waals surface area contributed by atoms with Crippen molar-refractivity contribution < 1.29 is 8.42 Å². The van der Waals surface area contributed by atoms with Gasteiger partial charge in [-0.2, -0.15) is 0 Å². The van der Waals surface area contributed by atoms with Gasteiger partial charge in [0, 0.05) is 23.7 Å². The van der Waals surface area contributed by atoms with Crippen molar-refractivity contribution in [1.82, 2.24) is 4.90 Å². The predicted octanol–water partition coefficient (Wildman–Crippen LogP) is 1.66. The third-order valence-corrected chi connectivity index (χ3v) is 5.41. The minimum absolute atomic E-state index is 0.0110. The minimum atomic E-state index is -2.96. The number of thioether (sulfide) groups is 1. The summed E-state index contributed by atoms with van der Waals surface area (Å²) in [5.74, 6) is 0.180. The molecule has 0 aromatic carbocycles. The first-order valence-electron chi connectivity index (χ1n) is 4.85. The molecule has 86 valence electrons. The van der Waals surface area contributed by atoms with Crippen LogP contribution in [-0.4, -0.2) is 41.7 Å². The first kappa shape index (κ1) is 13.0. The van der Waals surface area contributed by atoms with E-state index in [-0.39, 0.29) is 11.0 Å². The van der Waals surface area contributed by atoms with E-state index < -0.39 is 9.84 Å². The third-order valence-electron chi connectivity index (χ3n) is 2.17. The van der Waals surface area contributed by atoms with E-state index >= 15 is 0 Å². The van der Waals surface area contributed by atoms with Crippen LogP contribution in [0.5, 0.6) is 0 Å². The normalized spacial score (nSPS) is 22.9. The Bertz CT molecular complexity index is 358. The van der Waals surface area contributed by atoms with E-state index in [0.29, 0.717) is 0 Å². The summed E-state index contributed by atoms with van der Waals surface area (Å²) in [7, 11) is -2.96. The fraction of sp³-hybridized carbons (Fsp3) is 0.667. The van der Waals surface area contributed by atoms with Gasteiger partial charge in [0.15, 0.2) is 9.84 Å². The van der Waals surface area contributed by atoms with Crippen LogP contribution < -0.4 is 0 Å². The smallest absolute Gasteiger partial charge is 0.172 e. The van der Waals surface area contributed by atoms with Gasteiger partial charge >= 0.3 is 0 Å². The van der Waals surface area contributed by atoms with Crippen molar-refractivity contribution in [2.75, 3.05) is 18.8 Å². The van der Waals surface area contributed by atoms with Crippen LogP contribution in [0, 0.1) is 0 Å². The second kappa shape index (κ2) is 5.32. The Morgan fingerprint density at radius 3 is 2.53 bits per heavy atom. The van der Waals surface area contributed by atoms with Crippen molar-refractivity contribution in [1.29, 1.82) is 0 Å². The molecular formula is C9H15NO2S3. The largest absolute Gasteiger partial charge is 0.358 e. The van der Waals surface area contributed by atoms with Gasteiger partial charge in [0.25, 0.3) is 0 Å². The molecule has 0 aliphatic carbocycles. The highest BCUT2D eigenvalue weighted by Crippen LogP contribution is 2.24. The van der Waals surface area contributed by atoms with Gasteiger partial charge in [-0.15, -0.1) is 0 Å². The molecule has 6 heteroatoms. The fourth-order valence-corrected chi connectivity index (χ4v) is 4.81. The van der Waals surface area contributed by atoms with Gasteiger partial charge in [0.2, 0.25) is 0 Å². The number of rotatable bonds is 3. The molecule has 0 bridgehead atoms. The molecule has 0 aromatic rings. The molecule has 0 aromatic heterocycles. The Labute approximate surface area is 101 Å². The molecule has 3 nitrogen and oxygen atoms in total. The molecule has 1 rings (SSSR count). The predicted molar refractivity (Wildman–Crippen MR) is 69.8 cm³/mol. The monoisotopic (exact) mass is 265 g/mol. The molecule has 0 spiro atoms. The summed E-state index contributed by atoms with van der Waals surface area (Å²) in [6.45, 7) is 5.81. The van der Waals surface area contributed by atoms with Crippen molar-refractivity contribution in [3.05, 3.63) is 11.5 Å². The second-order valence-electron chi connectivity index (χ2n) is 3.25. The highest BCUT2D eigenvalue weighted by Gasteiger charge is 2.24. The summed E-state index contributed by atoms with van der Waals surface area (Å²) >= 11 is 6.70. The van der Waals surface area contributed by atoms with E-state index in [4.69, 9.17) is 12.2 Å². The molecule has 1 unspecified atom stereocenters. The Morgan fingerprint density at radius 2 is 2.13 bits per heavy atom. The summed E-state index contributed by atoms with van der Waals surface area (Å²) in [6, 6.07) is 0. The number of nitrogens with zero attached hydrogens (tertiary/aromatic N) is 1. The van der Waals surface area contributed by atoms with Crippen molar-refractivity contribution in [2.24, 2.45) is 0 Å². The van der Waals surface area contributed by atoms with Gasteiger partial charge in [0.1, 0.15) is 4.32 Å². The number of thiocarbonyl (C=S) groups is 1. The van der Waals surface area contributed by atoms with E-state index in [2.05, 4.69) is 4.90 Å².